The molecular formula is C29H30O9. The zero-order valence-electron chi connectivity index (χ0n) is 21.3. The van der Waals surface area contributed by atoms with Gasteiger partial charge < -0.3 is 39.0 Å². The molecule has 3 aromatic rings. The molecule has 0 aromatic heterocycles. The summed E-state index contributed by atoms with van der Waals surface area (Å²) < 4.78 is 28.2. The Morgan fingerprint density at radius 3 is 1.95 bits per heavy atom. The van der Waals surface area contributed by atoms with Gasteiger partial charge in [-0.25, -0.2) is 0 Å². The zero-order chi connectivity index (χ0) is 27.0. The molecular weight excluding hydrogens is 492 g/mol. The van der Waals surface area contributed by atoms with E-state index < -0.39 is 0 Å². The fourth-order valence-corrected chi connectivity index (χ4v) is 5.38. The number of ketones is 1. The van der Waals surface area contributed by atoms with Crippen molar-refractivity contribution in [2.75, 3.05) is 34.5 Å². The number of fused-ring (bicyclic) bond motifs is 1. The van der Waals surface area contributed by atoms with Crippen LogP contribution in [-0.4, -0.2) is 55.6 Å². The number of carbonyl (C=O) groups excluding carboxylic acids is 1. The third kappa shape index (κ3) is 4.59. The molecule has 9 heteroatoms. The molecule has 2 aliphatic heterocycles. The minimum atomic E-state index is -0.318. The molecule has 0 saturated carbocycles. The number of phenolic OH excluding ortho intramolecular Hbond substituents is 3. The lowest BCUT2D eigenvalue weighted by Crippen LogP contribution is -2.15. The van der Waals surface area contributed by atoms with Crippen LogP contribution in [0.1, 0.15) is 39.3 Å². The van der Waals surface area contributed by atoms with Crippen molar-refractivity contribution in [3.63, 3.8) is 0 Å². The summed E-state index contributed by atoms with van der Waals surface area (Å²) in [6.45, 7) is 0.932. The SMILES string of the molecule is COc1cc(C(=O)Cc2cc([C@@H]3OC[C@H]4[C@H]3CO[C@H]4c3ccc(O)c(OC)c3)cc(OC)c2O)ccc1O. The second kappa shape index (κ2) is 10.4. The zero-order valence-corrected chi connectivity index (χ0v) is 21.3. The standard InChI is InChI=1S/C29H30O9/c1-34-24-10-15(4-6-21(24)30)23(32)9-17-8-18(12-26(36-3)27(17)33)29-20-14-37-28(19(20)13-38-29)16-5-7-22(31)25(11-16)35-2/h4-8,10-12,19-20,28-31,33H,9,13-14H2,1-3H3/t19-,20+,28-,29-/m0/s1. The average Bonchev–Trinajstić information content (AvgIpc) is 3.53. The van der Waals surface area contributed by atoms with Gasteiger partial charge in [-0.15, -0.1) is 0 Å². The van der Waals surface area contributed by atoms with E-state index >= 15 is 0 Å². The van der Waals surface area contributed by atoms with Gasteiger partial charge in [0.2, 0.25) is 0 Å². The first-order valence-electron chi connectivity index (χ1n) is 12.2. The fourth-order valence-electron chi connectivity index (χ4n) is 5.38. The van der Waals surface area contributed by atoms with Crippen molar-refractivity contribution in [2.45, 2.75) is 18.6 Å². The third-order valence-corrected chi connectivity index (χ3v) is 7.37. The number of methoxy groups -OCH3 is 3. The van der Waals surface area contributed by atoms with E-state index in [-0.39, 0.29) is 65.0 Å². The first-order chi connectivity index (χ1) is 18.3. The molecule has 0 unspecified atom stereocenters. The minimum Gasteiger partial charge on any atom is -0.504 e. The Morgan fingerprint density at radius 2 is 1.32 bits per heavy atom. The van der Waals surface area contributed by atoms with E-state index in [0.29, 0.717) is 30.1 Å². The minimum absolute atomic E-state index is 0.0407. The lowest BCUT2D eigenvalue weighted by molar-refractivity contribution is 0.0191. The number of aromatic hydroxyl groups is 3. The molecule has 0 amide bonds. The summed E-state index contributed by atoms with van der Waals surface area (Å²) in [5, 5.41) is 30.6. The first kappa shape index (κ1) is 25.7. The Hall–Kier alpha value is -3.95. The van der Waals surface area contributed by atoms with Gasteiger partial charge in [0.05, 0.1) is 46.8 Å². The topological polar surface area (TPSA) is 124 Å². The van der Waals surface area contributed by atoms with Crippen molar-refractivity contribution in [3.05, 3.63) is 70.8 Å². The molecule has 3 N–H and O–H groups in total. The number of hydrogen-bond acceptors (Lipinski definition) is 9. The van der Waals surface area contributed by atoms with Crippen LogP contribution in [0.15, 0.2) is 48.5 Å². The smallest absolute Gasteiger partial charge is 0.167 e. The molecule has 9 nitrogen and oxygen atoms in total. The third-order valence-electron chi connectivity index (χ3n) is 7.37. The van der Waals surface area contributed by atoms with Gasteiger partial charge in [0.15, 0.2) is 40.3 Å². The van der Waals surface area contributed by atoms with Gasteiger partial charge in [-0.05, 0) is 53.6 Å². The van der Waals surface area contributed by atoms with E-state index in [1.807, 2.05) is 6.07 Å². The molecule has 2 fully saturated rings. The summed E-state index contributed by atoms with van der Waals surface area (Å²) in [7, 11) is 4.37. The molecule has 3 aromatic carbocycles. The lowest BCUT2D eigenvalue weighted by atomic mass is 9.84. The Kier molecular flexibility index (Phi) is 7.05. The summed E-state index contributed by atoms with van der Waals surface area (Å²) in [4.78, 5) is 13.1. The van der Waals surface area contributed by atoms with Crippen LogP contribution >= 0.6 is 0 Å². The van der Waals surface area contributed by atoms with Crippen molar-refractivity contribution in [2.24, 2.45) is 11.8 Å². The Balaban J connectivity index is 1.40. The molecule has 2 heterocycles. The molecule has 0 aliphatic carbocycles. The van der Waals surface area contributed by atoms with Crippen LogP contribution in [0.4, 0.5) is 0 Å². The van der Waals surface area contributed by atoms with E-state index in [9.17, 15) is 20.1 Å². The molecule has 4 atom stereocenters. The number of benzene rings is 3. The predicted octanol–water partition coefficient (Wildman–Crippen LogP) is 4.33. The van der Waals surface area contributed by atoms with Crippen LogP contribution in [0.3, 0.4) is 0 Å². The molecule has 0 bridgehead atoms. The highest BCUT2D eigenvalue weighted by molar-refractivity contribution is 5.98. The van der Waals surface area contributed by atoms with Gasteiger partial charge in [0, 0.05) is 29.4 Å². The van der Waals surface area contributed by atoms with Crippen molar-refractivity contribution in [1.29, 1.82) is 0 Å². The monoisotopic (exact) mass is 522 g/mol. The average molecular weight is 523 g/mol. The summed E-state index contributed by atoms with van der Waals surface area (Å²) in [6.07, 6.45) is -0.623. The lowest BCUT2D eigenvalue weighted by Gasteiger charge is -2.19. The number of carbonyl (C=O) groups is 1. The van der Waals surface area contributed by atoms with Gasteiger partial charge in [0.25, 0.3) is 0 Å². The molecule has 0 spiro atoms. The second-order valence-electron chi connectivity index (χ2n) is 9.48. The largest absolute Gasteiger partial charge is 0.504 e. The summed E-state index contributed by atoms with van der Waals surface area (Å²) in [6, 6.07) is 13.1. The first-order valence-corrected chi connectivity index (χ1v) is 12.2. The van der Waals surface area contributed by atoms with Crippen LogP contribution in [0, 0.1) is 11.8 Å². The number of rotatable bonds is 8. The van der Waals surface area contributed by atoms with Gasteiger partial charge in [-0.1, -0.05) is 6.07 Å². The summed E-state index contributed by atoms with van der Waals surface area (Å²) in [5.41, 5.74) is 2.43. The van der Waals surface area contributed by atoms with Gasteiger partial charge >= 0.3 is 0 Å². The van der Waals surface area contributed by atoms with E-state index in [1.54, 1.807) is 24.3 Å². The highest BCUT2D eigenvalue weighted by Crippen LogP contribution is 2.52. The van der Waals surface area contributed by atoms with Crippen molar-refractivity contribution in [3.8, 4) is 34.5 Å². The maximum atomic E-state index is 13.1. The normalized spacial score (nSPS) is 22.2. The summed E-state index contributed by atoms with van der Waals surface area (Å²) in [5.74, 6) is 0.575. The van der Waals surface area contributed by atoms with Crippen LogP contribution in [0.5, 0.6) is 34.5 Å². The number of hydrogen-bond donors (Lipinski definition) is 3. The van der Waals surface area contributed by atoms with Gasteiger partial charge in [-0.2, -0.15) is 0 Å². The van der Waals surface area contributed by atoms with E-state index in [4.69, 9.17) is 23.7 Å². The van der Waals surface area contributed by atoms with Crippen LogP contribution < -0.4 is 14.2 Å². The predicted molar refractivity (Wildman–Crippen MR) is 136 cm³/mol. The number of phenols is 3. The molecule has 200 valence electrons. The quantitative estimate of drug-likeness (QED) is 0.371. The highest BCUT2D eigenvalue weighted by Gasteiger charge is 2.48. The molecule has 38 heavy (non-hydrogen) atoms. The molecule has 2 saturated heterocycles. The number of Topliss-reactive ketones (excluding diaryl/α,β-unsaturated/α-hetero) is 1. The van der Waals surface area contributed by atoms with E-state index in [1.165, 1.54) is 39.5 Å². The molecule has 0 radical (unpaired) electrons. The second-order valence-corrected chi connectivity index (χ2v) is 9.48. The van der Waals surface area contributed by atoms with Crippen molar-refractivity contribution in [1.82, 2.24) is 0 Å². The Morgan fingerprint density at radius 1 is 0.763 bits per heavy atom. The van der Waals surface area contributed by atoms with Gasteiger partial charge in [0.1, 0.15) is 0 Å². The van der Waals surface area contributed by atoms with Crippen LogP contribution in [0.2, 0.25) is 0 Å². The number of ether oxygens (including phenoxy) is 5. The maximum absolute atomic E-state index is 13.1. The van der Waals surface area contributed by atoms with Crippen molar-refractivity contribution < 1.29 is 43.8 Å². The van der Waals surface area contributed by atoms with E-state index in [2.05, 4.69) is 0 Å². The van der Waals surface area contributed by atoms with Crippen molar-refractivity contribution >= 4 is 5.78 Å². The molecule has 5 rings (SSSR count). The van der Waals surface area contributed by atoms with Crippen LogP contribution in [0.25, 0.3) is 0 Å². The molecule has 2 aliphatic rings. The van der Waals surface area contributed by atoms with Crippen LogP contribution in [-0.2, 0) is 15.9 Å². The fraction of sp³-hybridized carbons (Fsp3) is 0.345. The highest BCUT2D eigenvalue weighted by atomic mass is 16.5. The Labute approximate surface area is 220 Å². The van der Waals surface area contributed by atoms with E-state index in [0.717, 1.165) is 11.1 Å². The van der Waals surface area contributed by atoms with Gasteiger partial charge in [-0.3, -0.25) is 4.79 Å². The Bertz CT molecular complexity index is 1350. The summed E-state index contributed by atoms with van der Waals surface area (Å²) >= 11 is 0. The maximum Gasteiger partial charge on any atom is 0.167 e.